The van der Waals surface area contributed by atoms with Gasteiger partial charge in [0, 0.05) is 43.9 Å². The summed E-state index contributed by atoms with van der Waals surface area (Å²) in [5.41, 5.74) is 5.07. The van der Waals surface area contributed by atoms with Gasteiger partial charge in [0.2, 0.25) is 0 Å². The van der Waals surface area contributed by atoms with Crippen molar-refractivity contribution in [1.82, 2.24) is 25.0 Å². The average molecular weight is 386 g/mol. The number of pyridine rings is 1. The van der Waals surface area contributed by atoms with Crippen molar-refractivity contribution < 1.29 is 14.7 Å². The normalized spacial score (nSPS) is 14.2. The molecule has 150 valence electrons. The minimum Gasteiger partial charge on any atom is -0.481 e. The molecule has 0 fully saturated rings. The lowest BCUT2D eigenvalue weighted by atomic mass is 9.90. The molecule has 1 amide bonds. The number of fused-ring (bicyclic) bond motifs is 5. The van der Waals surface area contributed by atoms with Gasteiger partial charge in [-0.15, -0.1) is 0 Å². The van der Waals surface area contributed by atoms with E-state index in [2.05, 4.69) is 40.7 Å². The Balaban J connectivity index is 0.000000516. The lowest BCUT2D eigenvalue weighted by molar-refractivity contribution is -0.134. The number of nitrogens with one attached hydrogen (secondary N) is 2. The lowest BCUT2D eigenvalue weighted by Crippen LogP contribution is -2.36. The van der Waals surface area contributed by atoms with Crippen LogP contribution in [0.4, 0.5) is 5.82 Å². The van der Waals surface area contributed by atoms with E-state index in [0.29, 0.717) is 6.54 Å². The fourth-order valence-electron chi connectivity index (χ4n) is 3.39. The molecular formula is C19H26N6O3. The number of carbonyl (C=O) groups is 2. The maximum Gasteiger partial charge on any atom is 0.300 e. The molecule has 0 atom stereocenters. The van der Waals surface area contributed by atoms with Gasteiger partial charge in [0.25, 0.3) is 11.9 Å². The van der Waals surface area contributed by atoms with Gasteiger partial charge in [-0.25, -0.2) is 4.98 Å². The number of rotatable bonds is 4. The first-order valence-electron chi connectivity index (χ1n) is 9.32. The van der Waals surface area contributed by atoms with Crippen LogP contribution in [0.5, 0.6) is 0 Å². The SMILES string of the molecule is CC(=O)O.CN(C)CCNc1cc2c(cn1)CCc1c-2nn2c1C(=O)NCC2. The minimum atomic E-state index is -0.833. The number of nitrogens with zero attached hydrogens (tertiary/aromatic N) is 4. The summed E-state index contributed by atoms with van der Waals surface area (Å²) in [4.78, 5) is 27.8. The molecule has 9 nitrogen and oxygen atoms in total. The van der Waals surface area contributed by atoms with E-state index in [1.807, 2.05) is 10.9 Å². The smallest absolute Gasteiger partial charge is 0.300 e. The first-order chi connectivity index (χ1) is 13.4. The minimum absolute atomic E-state index is 0.00293. The molecule has 0 spiro atoms. The molecule has 0 saturated heterocycles. The maximum absolute atomic E-state index is 12.2. The summed E-state index contributed by atoms with van der Waals surface area (Å²) in [7, 11) is 4.10. The highest BCUT2D eigenvalue weighted by atomic mass is 16.4. The quantitative estimate of drug-likeness (QED) is 0.714. The molecule has 1 aliphatic heterocycles. The van der Waals surface area contributed by atoms with Crippen molar-refractivity contribution in [2.45, 2.75) is 26.3 Å². The number of carbonyl (C=O) groups excluding carboxylic acids is 1. The first kappa shape index (κ1) is 19.8. The van der Waals surface area contributed by atoms with Gasteiger partial charge >= 0.3 is 0 Å². The van der Waals surface area contributed by atoms with Gasteiger partial charge in [-0.05, 0) is 38.6 Å². The van der Waals surface area contributed by atoms with E-state index >= 15 is 0 Å². The van der Waals surface area contributed by atoms with E-state index in [4.69, 9.17) is 15.0 Å². The summed E-state index contributed by atoms with van der Waals surface area (Å²) >= 11 is 0. The van der Waals surface area contributed by atoms with Crippen LogP contribution < -0.4 is 10.6 Å². The molecule has 3 N–H and O–H groups in total. The number of carboxylic acid groups (broad SMARTS) is 1. The van der Waals surface area contributed by atoms with Crippen LogP contribution in [0.15, 0.2) is 12.3 Å². The van der Waals surface area contributed by atoms with Crippen molar-refractivity contribution >= 4 is 17.7 Å². The summed E-state index contributed by atoms with van der Waals surface area (Å²) in [6.07, 6.45) is 3.69. The molecule has 2 aliphatic rings. The summed E-state index contributed by atoms with van der Waals surface area (Å²) in [6.45, 7) is 4.26. The van der Waals surface area contributed by atoms with Gasteiger partial charge in [-0.1, -0.05) is 0 Å². The number of hydrogen-bond acceptors (Lipinski definition) is 6. The second kappa shape index (κ2) is 8.39. The number of aryl methyl sites for hydroxylation is 1. The average Bonchev–Trinajstić information content (AvgIpc) is 3.01. The molecule has 2 aromatic rings. The molecular weight excluding hydrogens is 360 g/mol. The van der Waals surface area contributed by atoms with Crippen molar-refractivity contribution in [2.24, 2.45) is 0 Å². The molecule has 4 rings (SSSR count). The van der Waals surface area contributed by atoms with Crippen LogP contribution >= 0.6 is 0 Å². The molecule has 0 unspecified atom stereocenters. The lowest BCUT2D eigenvalue weighted by Gasteiger charge is -2.18. The van der Waals surface area contributed by atoms with Gasteiger partial charge in [0.1, 0.15) is 11.5 Å². The number of anilines is 1. The summed E-state index contributed by atoms with van der Waals surface area (Å²) < 4.78 is 1.86. The van der Waals surface area contributed by atoms with Crippen molar-refractivity contribution in [3.05, 3.63) is 29.1 Å². The summed E-state index contributed by atoms with van der Waals surface area (Å²) in [5.74, 6) is 0.0238. The fraction of sp³-hybridized carbons (Fsp3) is 0.474. The number of amides is 1. The third-order valence-corrected chi connectivity index (χ3v) is 4.63. The number of hydrogen-bond donors (Lipinski definition) is 3. The van der Waals surface area contributed by atoms with Crippen LogP contribution in [0.2, 0.25) is 0 Å². The highest BCUT2D eigenvalue weighted by molar-refractivity contribution is 5.97. The Kier molecular flexibility index (Phi) is 5.93. The maximum atomic E-state index is 12.2. The Hall–Kier alpha value is -2.94. The van der Waals surface area contributed by atoms with Gasteiger partial charge in [-0.3, -0.25) is 14.3 Å². The second-order valence-corrected chi connectivity index (χ2v) is 7.13. The zero-order chi connectivity index (χ0) is 20.3. The zero-order valence-electron chi connectivity index (χ0n) is 16.4. The second-order valence-electron chi connectivity index (χ2n) is 7.13. The van der Waals surface area contributed by atoms with Crippen molar-refractivity contribution in [1.29, 1.82) is 0 Å². The van der Waals surface area contributed by atoms with E-state index in [1.54, 1.807) is 0 Å². The first-order valence-corrected chi connectivity index (χ1v) is 9.32. The number of carboxylic acids is 1. The largest absolute Gasteiger partial charge is 0.481 e. The Morgan fingerprint density at radius 2 is 2.14 bits per heavy atom. The van der Waals surface area contributed by atoms with Gasteiger partial charge in [0.05, 0.1) is 12.2 Å². The van der Waals surface area contributed by atoms with Crippen LogP contribution in [0, 0.1) is 0 Å². The van der Waals surface area contributed by atoms with E-state index in [-0.39, 0.29) is 5.91 Å². The standard InChI is InChI=1S/C17H22N6O.C2H4O2/c1-22(2)7-5-18-14-9-13-11(10-20-14)3-4-12-15(13)21-23-8-6-19-17(24)16(12)23;1-2(3)4/h9-10H,3-8H2,1-2H3,(H,18,20)(H,19,24);1H3,(H,3,4). The van der Waals surface area contributed by atoms with Crippen molar-refractivity contribution in [3.63, 3.8) is 0 Å². The molecule has 2 aromatic heterocycles. The van der Waals surface area contributed by atoms with Crippen LogP contribution in [-0.4, -0.2) is 70.4 Å². The molecule has 0 saturated carbocycles. The monoisotopic (exact) mass is 386 g/mol. The third kappa shape index (κ3) is 4.30. The summed E-state index contributed by atoms with van der Waals surface area (Å²) in [6, 6.07) is 2.07. The van der Waals surface area contributed by atoms with E-state index in [0.717, 1.165) is 67.7 Å². The topological polar surface area (TPSA) is 112 Å². The fourth-order valence-corrected chi connectivity index (χ4v) is 3.39. The van der Waals surface area contributed by atoms with Crippen molar-refractivity contribution in [3.8, 4) is 11.3 Å². The molecule has 3 heterocycles. The Morgan fingerprint density at radius 3 is 2.86 bits per heavy atom. The van der Waals surface area contributed by atoms with Crippen LogP contribution in [-0.2, 0) is 24.2 Å². The van der Waals surface area contributed by atoms with Crippen molar-refractivity contribution in [2.75, 3.05) is 39.0 Å². The van der Waals surface area contributed by atoms with Crippen LogP contribution in [0.1, 0.15) is 28.5 Å². The highest BCUT2D eigenvalue weighted by Gasteiger charge is 2.30. The van der Waals surface area contributed by atoms with Gasteiger partial charge in [-0.2, -0.15) is 5.10 Å². The Bertz CT molecular complexity index is 886. The van der Waals surface area contributed by atoms with Gasteiger partial charge < -0.3 is 20.6 Å². The van der Waals surface area contributed by atoms with E-state index < -0.39 is 5.97 Å². The number of aliphatic carboxylic acids is 1. The Labute approximate surface area is 163 Å². The summed E-state index contributed by atoms with van der Waals surface area (Å²) in [5, 5.41) is 18.4. The molecule has 28 heavy (non-hydrogen) atoms. The van der Waals surface area contributed by atoms with Crippen LogP contribution in [0.25, 0.3) is 11.3 Å². The molecule has 0 aromatic carbocycles. The zero-order valence-corrected chi connectivity index (χ0v) is 16.4. The molecule has 9 heteroatoms. The van der Waals surface area contributed by atoms with E-state index in [9.17, 15) is 4.79 Å². The van der Waals surface area contributed by atoms with Gasteiger partial charge in [0.15, 0.2) is 0 Å². The van der Waals surface area contributed by atoms with E-state index in [1.165, 1.54) is 5.56 Å². The van der Waals surface area contributed by atoms with Crippen LogP contribution in [0.3, 0.4) is 0 Å². The third-order valence-electron chi connectivity index (χ3n) is 4.63. The predicted molar refractivity (Wildman–Crippen MR) is 106 cm³/mol. The highest BCUT2D eigenvalue weighted by Crippen LogP contribution is 2.35. The predicted octanol–water partition coefficient (Wildman–Crippen LogP) is 0.851. The Morgan fingerprint density at radius 1 is 1.39 bits per heavy atom. The number of likely N-dealkylation sites (N-methyl/N-ethyl adjacent to an activating group) is 1. The molecule has 1 aliphatic carbocycles. The molecule has 0 bridgehead atoms. The number of aromatic nitrogens is 3. The molecule has 0 radical (unpaired) electrons.